The van der Waals surface area contributed by atoms with Crippen molar-refractivity contribution in [1.82, 2.24) is 4.98 Å². The van der Waals surface area contributed by atoms with Gasteiger partial charge in [0.25, 0.3) is 0 Å². The molecule has 1 heterocycles. The molecule has 1 aromatic heterocycles. The number of benzene rings is 3. The van der Waals surface area contributed by atoms with Crippen LogP contribution in [0.3, 0.4) is 0 Å². The Hall–Kier alpha value is -4.23. The maximum atomic E-state index is 11.2. The second-order valence-electron chi connectivity index (χ2n) is 6.52. The van der Waals surface area contributed by atoms with E-state index in [0.29, 0.717) is 16.9 Å². The van der Waals surface area contributed by atoms with Crippen LogP contribution in [0.4, 0.5) is 5.69 Å². The summed E-state index contributed by atoms with van der Waals surface area (Å²) in [6.45, 7) is 7.59. The number of hydrogen-bond acceptors (Lipinski definition) is 2. The fraction of sp³-hybridized carbons (Fsp3) is 0. The van der Waals surface area contributed by atoms with Crippen molar-refractivity contribution in [3.63, 3.8) is 0 Å². The van der Waals surface area contributed by atoms with Gasteiger partial charge < -0.3 is 5.11 Å². The predicted octanol–water partition coefficient (Wildman–Crippen LogP) is 6.33. The lowest BCUT2D eigenvalue weighted by atomic mass is 9.97. The first kappa shape index (κ1) is 18.1. The first-order chi connectivity index (χ1) is 14.2. The summed E-state index contributed by atoms with van der Waals surface area (Å²) >= 11 is 0. The largest absolute Gasteiger partial charge is 0.478 e. The number of carboxylic acids is 1. The second kappa shape index (κ2) is 7.79. The van der Waals surface area contributed by atoms with Gasteiger partial charge >= 0.3 is 5.97 Å². The van der Waals surface area contributed by atoms with Crippen molar-refractivity contribution in [3.8, 4) is 33.5 Å². The molecule has 0 radical (unpaired) electrons. The van der Waals surface area contributed by atoms with Gasteiger partial charge in [0.05, 0.1) is 17.8 Å². The molecule has 4 heteroatoms. The molecule has 0 aliphatic carbocycles. The molecule has 0 atom stereocenters. The van der Waals surface area contributed by atoms with Crippen LogP contribution in [0.1, 0.15) is 10.4 Å². The van der Waals surface area contributed by atoms with E-state index in [2.05, 4.69) is 22.0 Å². The zero-order chi connectivity index (χ0) is 20.2. The quantitative estimate of drug-likeness (QED) is 0.423. The van der Waals surface area contributed by atoms with Gasteiger partial charge in [-0.25, -0.2) is 9.64 Å². The van der Waals surface area contributed by atoms with Gasteiger partial charge in [-0.15, -0.1) is 0 Å². The molecule has 0 aliphatic rings. The fourth-order valence-corrected chi connectivity index (χ4v) is 3.22. The van der Waals surface area contributed by atoms with Gasteiger partial charge in [-0.2, -0.15) is 0 Å². The molecular formula is C25H16N2O2. The summed E-state index contributed by atoms with van der Waals surface area (Å²) in [5, 5.41) is 9.18. The Bertz CT molecular complexity index is 1220. The Morgan fingerprint density at radius 1 is 0.793 bits per heavy atom. The van der Waals surface area contributed by atoms with E-state index in [1.54, 1.807) is 6.07 Å². The van der Waals surface area contributed by atoms with Gasteiger partial charge in [-0.05, 0) is 46.0 Å². The Morgan fingerprint density at radius 2 is 1.45 bits per heavy atom. The molecule has 3 aromatic carbocycles. The molecule has 0 saturated heterocycles. The molecule has 4 aromatic rings. The van der Waals surface area contributed by atoms with Crippen LogP contribution >= 0.6 is 0 Å². The van der Waals surface area contributed by atoms with E-state index in [4.69, 9.17) is 6.57 Å². The molecule has 4 rings (SSSR count). The summed E-state index contributed by atoms with van der Waals surface area (Å²) in [5.41, 5.74) is 5.95. The summed E-state index contributed by atoms with van der Waals surface area (Å²) in [7, 11) is 0. The van der Waals surface area contributed by atoms with E-state index >= 15 is 0 Å². The minimum Gasteiger partial charge on any atom is -0.478 e. The third-order valence-electron chi connectivity index (χ3n) is 4.72. The Balaban J connectivity index is 1.70. The maximum Gasteiger partial charge on any atom is 0.335 e. The second-order valence-corrected chi connectivity index (χ2v) is 6.52. The van der Waals surface area contributed by atoms with Crippen molar-refractivity contribution in [3.05, 3.63) is 108 Å². The van der Waals surface area contributed by atoms with E-state index in [0.717, 1.165) is 22.3 Å². The number of aromatic nitrogens is 1. The first-order valence-electron chi connectivity index (χ1n) is 9.03. The summed E-state index contributed by atoms with van der Waals surface area (Å²) in [6.07, 6.45) is 1.46. The topological polar surface area (TPSA) is 54.5 Å². The van der Waals surface area contributed by atoms with Crippen molar-refractivity contribution in [2.75, 3.05) is 0 Å². The number of pyridine rings is 1. The fourth-order valence-electron chi connectivity index (χ4n) is 3.22. The summed E-state index contributed by atoms with van der Waals surface area (Å²) in [5.74, 6) is -1.01. The first-order valence-corrected chi connectivity index (χ1v) is 9.03. The van der Waals surface area contributed by atoms with Crippen LogP contribution in [-0.2, 0) is 0 Å². The highest BCUT2D eigenvalue weighted by molar-refractivity contribution is 5.89. The maximum absolute atomic E-state index is 11.2. The van der Waals surface area contributed by atoms with E-state index in [-0.39, 0.29) is 5.56 Å². The molecule has 0 bridgehead atoms. The monoisotopic (exact) mass is 376 g/mol. The number of carboxylic acid groups (broad SMARTS) is 1. The average Bonchev–Trinajstić information content (AvgIpc) is 2.79. The van der Waals surface area contributed by atoms with Gasteiger partial charge in [0.2, 0.25) is 0 Å². The minimum atomic E-state index is -1.01. The molecule has 0 fully saturated rings. The molecule has 1 N–H and O–H groups in total. The third-order valence-corrected chi connectivity index (χ3v) is 4.72. The molecule has 4 nitrogen and oxygen atoms in total. The number of hydrogen-bond donors (Lipinski definition) is 1. The molecule has 0 saturated carbocycles. The van der Waals surface area contributed by atoms with Gasteiger partial charge in [0, 0.05) is 6.20 Å². The standard InChI is InChI=1S/C25H16N2O2/c1-26-24-15-20(23-16-21(25(28)29)13-14-27-23)11-12-22(24)19-9-7-18(8-10-19)17-5-3-2-4-6-17/h2-16H,(H,28,29). The number of nitrogens with zero attached hydrogens (tertiary/aromatic N) is 2. The SMILES string of the molecule is [C-]#[N+]c1cc(-c2cc(C(=O)O)ccn2)ccc1-c1ccc(-c2ccccc2)cc1. The lowest BCUT2D eigenvalue weighted by Crippen LogP contribution is -1.97. The Kier molecular flexibility index (Phi) is 4.88. The Labute approximate surface area is 168 Å². The van der Waals surface area contributed by atoms with Crippen LogP contribution in [0.2, 0.25) is 0 Å². The molecule has 0 amide bonds. The van der Waals surface area contributed by atoms with E-state index in [1.165, 1.54) is 18.3 Å². The van der Waals surface area contributed by atoms with Crippen LogP contribution in [-0.4, -0.2) is 16.1 Å². The van der Waals surface area contributed by atoms with Gasteiger partial charge in [-0.1, -0.05) is 66.7 Å². The lowest BCUT2D eigenvalue weighted by Gasteiger charge is -2.09. The van der Waals surface area contributed by atoms with E-state index < -0.39 is 5.97 Å². The smallest absolute Gasteiger partial charge is 0.335 e. The highest BCUT2D eigenvalue weighted by Crippen LogP contribution is 2.35. The zero-order valence-corrected chi connectivity index (χ0v) is 15.4. The highest BCUT2D eigenvalue weighted by atomic mass is 16.4. The van der Waals surface area contributed by atoms with Crippen molar-refractivity contribution >= 4 is 11.7 Å². The number of rotatable bonds is 4. The highest BCUT2D eigenvalue weighted by Gasteiger charge is 2.11. The number of carbonyl (C=O) groups is 1. The molecule has 138 valence electrons. The van der Waals surface area contributed by atoms with Crippen molar-refractivity contribution < 1.29 is 9.90 Å². The molecular weight excluding hydrogens is 360 g/mol. The number of aromatic carboxylic acids is 1. The third kappa shape index (κ3) is 3.76. The van der Waals surface area contributed by atoms with E-state index in [1.807, 2.05) is 54.6 Å². The van der Waals surface area contributed by atoms with Crippen LogP contribution in [0.5, 0.6) is 0 Å². The molecule has 0 unspecified atom stereocenters. The van der Waals surface area contributed by atoms with Crippen LogP contribution in [0.25, 0.3) is 38.4 Å². The molecule has 29 heavy (non-hydrogen) atoms. The van der Waals surface area contributed by atoms with Gasteiger partial charge in [0.15, 0.2) is 5.69 Å². The lowest BCUT2D eigenvalue weighted by molar-refractivity contribution is 0.0697. The molecule has 0 spiro atoms. The summed E-state index contributed by atoms with van der Waals surface area (Å²) in [4.78, 5) is 19.1. The van der Waals surface area contributed by atoms with Crippen molar-refractivity contribution in [1.29, 1.82) is 0 Å². The van der Waals surface area contributed by atoms with Crippen LogP contribution < -0.4 is 0 Å². The van der Waals surface area contributed by atoms with Crippen molar-refractivity contribution in [2.45, 2.75) is 0 Å². The van der Waals surface area contributed by atoms with Crippen molar-refractivity contribution in [2.24, 2.45) is 0 Å². The Morgan fingerprint density at radius 3 is 2.14 bits per heavy atom. The van der Waals surface area contributed by atoms with E-state index in [9.17, 15) is 9.90 Å². The molecule has 0 aliphatic heterocycles. The minimum absolute atomic E-state index is 0.167. The van der Waals surface area contributed by atoms with Gasteiger partial charge in [0.1, 0.15) is 0 Å². The van der Waals surface area contributed by atoms with Gasteiger partial charge in [-0.3, -0.25) is 4.98 Å². The normalized spacial score (nSPS) is 10.3. The predicted molar refractivity (Wildman–Crippen MR) is 114 cm³/mol. The van der Waals surface area contributed by atoms with Crippen LogP contribution in [0, 0.1) is 6.57 Å². The zero-order valence-electron chi connectivity index (χ0n) is 15.4. The summed E-state index contributed by atoms with van der Waals surface area (Å²) in [6, 6.07) is 26.7. The average molecular weight is 376 g/mol. The summed E-state index contributed by atoms with van der Waals surface area (Å²) < 4.78 is 0. The van der Waals surface area contributed by atoms with Crippen LogP contribution in [0.15, 0.2) is 91.1 Å².